The first-order chi connectivity index (χ1) is 13.6. The van der Waals surface area contributed by atoms with E-state index in [-0.39, 0.29) is 18.6 Å². The number of ether oxygens (including phenoxy) is 1. The van der Waals surface area contributed by atoms with Crippen molar-refractivity contribution in [1.82, 2.24) is 24.6 Å². The van der Waals surface area contributed by atoms with Gasteiger partial charge < -0.3 is 15.0 Å². The summed E-state index contributed by atoms with van der Waals surface area (Å²) in [6.07, 6.45) is 5.05. The maximum atomic E-state index is 12.5. The normalized spacial score (nSPS) is 15.8. The summed E-state index contributed by atoms with van der Waals surface area (Å²) in [6.45, 7) is 3.30. The molecule has 1 unspecified atom stereocenters. The zero-order chi connectivity index (χ0) is 19.5. The molecule has 0 saturated carbocycles. The quantitative estimate of drug-likeness (QED) is 0.750. The van der Waals surface area contributed by atoms with Crippen molar-refractivity contribution in [3.8, 4) is 0 Å². The largest absolute Gasteiger partial charge is 0.445 e. The lowest BCUT2D eigenvalue weighted by molar-refractivity contribution is 0.0883. The Labute approximate surface area is 163 Å². The van der Waals surface area contributed by atoms with Crippen molar-refractivity contribution in [3.05, 3.63) is 65.7 Å². The van der Waals surface area contributed by atoms with Crippen molar-refractivity contribution in [2.75, 3.05) is 11.9 Å². The molecule has 4 rings (SSSR count). The number of hydrogen-bond donors (Lipinski definition) is 1. The second kappa shape index (κ2) is 7.67. The van der Waals surface area contributed by atoms with Crippen LogP contribution in [0.25, 0.3) is 0 Å². The van der Waals surface area contributed by atoms with Crippen LogP contribution >= 0.6 is 0 Å². The van der Waals surface area contributed by atoms with Gasteiger partial charge in [0, 0.05) is 31.9 Å². The lowest BCUT2D eigenvalue weighted by Crippen LogP contribution is -2.38. The van der Waals surface area contributed by atoms with E-state index >= 15 is 0 Å². The van der Waals surface area contributed by atoms with E-state index in [0.29, 0.717) is 19.0 Å². The second-order valence-electron chi connectivity index (χ2n) is 6.95. The Bertz CT molecular complexity index is 972. The van der Waals surface area contributed by atoms with Gasteiger partial charge in [-0.3, -0.25) is 4.68 Å². The van der Waals surface area contributed by atoms with Crippen molar-refractivity contribution in [2.45, 2.75) is 26.0 Å². The van der Waals surface area contributed by atoms with Crippen LogP contribution < -0.4 is 5.32 Å². The van der Waals surface area contributed by atoms with Gasteiger partial charge in [-0.05, 0) is 11.1 Å². The first kappa shape index (κ1) is 18.0. The van der Waals surface area contributed by atoms with Crippen LogP contribution in [0.2, 0.25) is 0 Å². The minimum Gasteiger partial charge on any atom is -0.445 e. The number of aromatic nitrogens is 4. The molecule has 28 heavy (non-hydrogen) atoms. The maximum Gasteiger partial charge on any atom is 0.410 e. The van der Waals surface area contributed by atoms with Gasteiger partial charge in [0.2, 0.25) is 5.95 Å². The van der Waals surface area contributed by atoms with Crippen LogP contribution in [0.4, 0.5) is 16.4 Å². The molecule has 0 aliphatic carbocycles. The average molecular weight is 378 g/mol. The molecule has 1 aliphatic heterocycles. The molecule has 0 fully saturated rings. The fraction of sp³-hybridized carbons (Fsp3) is 0.300. The molecule has 3 heterocycles. The Balaban J connectivity index is 1.45. The minimum atomic E-state index is -0.332. The number of fused-ring (bicyclic) bond motifs is 1. The molecule has 8 nitrogen and oxygen atoms in total. The number of anilines is 2. The van der Waals surface area contributed by atoms with E-state index in [1.165, 1.54) is 0 Å². The van der Waals surface area contributed by atoms with Crippen molar-refractivity contribution >= 4 is 17.7 Å². The Morgan fingerprint density at radius 3 is 2.86 bits per heavy atom. The lowest BCUT2D eigenvalue weighted by atomic mass is 9.96. The molecule has 0 spiro atoms. The van der Waals surface area contributed by atoms with Crippen LogP contribution in [0, 0.1) is 0 Å². The summed E-state index contributed by atoms with van der Waals surface area (Å²) < 4.78 is 7.18. The number of amides is 1. The number of hydrogen-bond acceptors (Lipinski definition) is 6. The van der Waals surface area contributed by atoms with Gasteiger partial charge in [0.05, 0.1) is 24.1 Å². The van der Waals surface area contributed by atoms with E-state index in [1.54, 1.807) is 15.8 Å². The van der Waals surface area contributed by atoms with Crippen LogP contribution in [-0.4, -0.2) is 37.3 Å². The number of benzene rings is 1. The van der Waals surface area contributed by atoms with Gasteiger partial charge in [-0.15, -0.1) is 0 Å². The number of carbonyl (C=O) groups is 1. The van der Waals surface area contributed by atoms with E-state index < -0.39 is 0 Å². The van der Waals surface area contributed by atoms with Gasteiger partial charge in [0.15, 0.2) is 0 Å². The highest BCUT2D eigenvalue weighted by molar-refractivity contribution is 5.68. The van der Waals surface area contributed by atoms with Gasteiger partial charge in [0.25, 0.3) is 0 Å². The van der Waals surface area contributed by atoms with Crippen LogP contribution in [0.3, 0.4) is 0 Å². The Morgan fingerprint density at radius 1 is 1.29 bits per heavy atom. The van der Waals surface area contributed by atoms with Gasteiger partial charge in [-0.1, -0.05) is 37.3 Å². The van der Waals surface area contributed by atoms with Crippen molar-refractivity contribution in [1.29, 1.82) is 0 Å². The molecule has 3 aromatic rings. The molecule has 0 bridgehead atoms. The zero-order valence-electron chi connectivity index (χ0n) is 15.9. The molecule has 1 atom stereocenters. The highest BCUT2D eigenvalue weighted by atomic mass is 16.6. The molecule has 144 valence electrons. The lowest BCUT2D eigenvalue weighted by Gasteiger charge is -2.31. The number of rotatable bonds is 4. The summed E-state index contributed by atoms with van der Waals surface area (Å²) in [5.41, 5.74) is 3.66. The van der Waals surface area contributed by atoms with Crippen molar-refractivity contribution in [3.63, 3.8) is 0 Å². The maximum absolute atomic E-state index is 12.5. The highest BCUT2D eigenvalue weighted by Crippen LogP contribution is 2.28. The van der Waals surface area contributed by atoms with Gasteiger partial charge in [-0.2, -0.15) is 5.10 Å². The molecule has 0 radical (unpaired) electrons. The predicted molar refractivity (Wildman–Crippen MR) is 104 cm³/mol. The molecule has 1 aliphatic rings. The number of aryl methyl sites for hydroxylation is 1. The molecule has 1 aromatic carbocycles. The van der Waals surface area contributed by atoms with E-state index in [9.17, 15) is 4.79 Å². The molecular formula is C20H22N6O2. The van der Waals surface area contributed by atoms with E-state index in [1.807, 2.05) is 49.8 Å². The smallest absolute Gasteiger partial charge is 0.410 e. The number of nitrogens with zero attached hydrogens (tertiary/aromatic N) is 5. The van der Waals surface area contributed by atoms with Crippen molar-refractivity contribution in [2.24, 2.45) is 7.05 Å². The first-order valence-corrected chi connectivity index (χ1v) is 9.15. The van der Waals surface area contributed by atoms with E-state index in [4.69, 9.17) is 4.74 Å². The summed E-state index contributed by atoms with van der Waals surface area (Å²) in [5, 5.41) is 7.26. The fourth-order valence-corrected chi connectivity index (χ4v) is 3.26. The highest BCUT2D eigenvalue weighted by Gasteiger charge is 2.28. The van der Waals surface area contributed by atoms with Crippen LogP contribution in [-0.2, 0) is 24.9 Å². The molecule has 0 saturated heterocycles. The first-order valence-electron chi connectivity index (χ1n) is 9.15. The van der Waals surface area contributed by atoms with Gasteiger partial charge in [-0.25, -0.2) is 14.8 Å². The molecular weight excluding hydrogens is 356 g/mol. The molecule has 1 amide bonds. The third kappa shape index (κ3) is 3.95. The standard InChI is InChI=1S/C20H22N6O2/c1-14-10-26(20(27)28-13-15-6-4-3-5-7-15)12-18-17(14)9-21-19(24-18)23-16-8-22-25(2)11-16/h3-9,11,14H,10,12-13H2,1-2H3,(H,21,23,24). The molecule has 8 heteroatoms. The third-order valence-corrected chi connectivity index (χ3v) is 4.69. The molecule has 1 N–H and O–H groups in total. The van der Waals surface area contributed by atoms with E-state index in [0.717, 1.165) is 22.5 Å². The summed E-state index contributed by atoms with van der Waals surface area (Å²) in [4.78, 5) is 23.2. The third-order valence-electron chi connectivity index (χ3n) is 4.69. The summed E-state index contributed by atoms with van der Waals surface area (Å²) in [7, 11) is 1.85. The van der Waals surface area contributed by atoms with Crippen LogP contribution in [0.5, 0.6) is 0 Å². The minimum absolute atomic E-state index is 0.139. The summed E-state index contributed by atoms with van der Waals surface area (Å²) >= 11 is 0. The SMILES string of the molecule is CC1CN(C(=O)OCc2ccccc2)Cc2nc(Nc3cnn(C)c3)ncc21. The number of carbonyl (C=O) groups excluding carboxylic acids is 1. The monoisotopic (exact) mass is 378 g/mol. The average Bonchev–Trinajstić information content (AvgIpc) is 3.11. The zero-order valence-corrected chi connectivity index (χ0v) is 15.9. The van der Waals surface area contributed by atoms with Gasteiger partial charge >= 0.3 is 6.09 Å². The molecule has 2 aromatic heterocycles. The Kier molecular flexibility index (Phi) is 4.92. The van der Waals surface area contributed by atoms with Crippen LogP contribution in [0.15, 0.2) is 48.9 Å². The fourth-order valence-electron chi connectivity index (χ4n) is 3.26. The van der Waals surface area contributed by atoms with Gasteiger partial charge in [0.1, 0.15) is 6.61 Å². The van der Waals surface area contributed by atoms with Crippen LogP contribution in [0.1, 0.15) is 29.7 Å². The topological polar surface area (TPSA) is 85.2 Å². The summed E-state index contributed by atoms with van der Waals surface area (Å²) in [5.74, 6) is 0.624. The Hall–Kier alpha value is -3.42. The summed E-state index contributed by atoms with van der Waals surface area (Å²) in [6, 6.07) is 9.66. The van der Waals surface area contributed by atoms with Crippen molar-refractivity contribution < 1.29 is 9.53 Å². The Morgan fingerprint density at radius 2 is 2.11 bits per heavy atom. The second-order valence-corrected chi connectivity index (χ2v) is 6.95. The number of nitrogens with one attached hydrogen (secondary N) is 1. The predicted octanol–water partition coefficient (Wildman–Crippen LogP) is 3.21. The van der Waals surface area contributed by atoms with E-state index in [2.05, 4.69) is 27.3 Å².